The molecule has 0 spiro atoms. The second-order valence-corrected chi connectivity index (χ2v) is 5.31. The molecule has 7 heteroatoms. The van der Waals surface area contributed by atoms with Crippen LogP contribution in [0.4, 0.5) is 8.78 Å². The van der Waals surface area contributed by atoms with E-state index in [1.54, 1.807) is 0 Å². The molecule has 1 aromatic carbocycles. The number of rotatable bonds is 3. The molecule has 0 aliphatic carbocycles. The Labute approximate surface area is 113 Å². The minimum Gasteiger partial charge on any atom is -0.388 e. The number of nitrogens with zero attached hydrogens (tertiary/aromatic N) is 1. The Morgan fingerprint density at radius 2 is 1.95 bits per heavy atom. The molecule has 1 heterocycles. The molecule has 2 unspecified atom stereocenters. The Kier molecular flexibility index (Phi) is 4.38. The number of hydrogen-bond donors (Lipinski definition) is 2. The molecule has 1 amide bonds. The highest BCUT2D eigenvalue weighted by molar-refractivity contribution is 8.00. The monoisotopic (exact) mass is 289 g/mol. The largest absolute Gasteiger partial charge is 0.388 e. The van der Waals surface area contributed by atoms with Gasteiger partial charge in [0.25, 0.3) is 0 Å². The van der Waals surface area contributed by atoms with Crippen molar-refractivity contribution >= 4 is 17.7 Å². The molecule has 0 radical (unpaired) electrons. The number of carbonyl (C=O) groups is 1. The van der Waals surface area contributed by atoms with Crippen molar-refractivity contribution in [2.75, 3.05) is 18.8 Å². The van der Waals surface area contributed by atoms with Crippen molar-refractivity contribution < 1.29 is 23.8 Å². The van der Waals surface area contributed by atoms with Gasteiger partial charge >= 0.3 is 0 Å². The summed E-state index contributed by atoms with van der Waals surface area (Å²) in [5, 5.41) is 18.6. The number of halogens is 2. The first-order valence-corrected chi connectivity index (χ1v) is 6.67. The van der Waals surface area contributed by atoms with Crippen molar-refractivity contribution in [2.45, 2.75) is 17.1 Å². The fourth-order valence-corrected chi connectivity index (χ4v) is 2.62. The molecule has 1 saturated heterocycles. The van der Waals surface area contributed by atoms with E-state index < -0.39 is 23.8 Å². The van der Waals surface area contributed by atoms with Crippen LogP contribution in [-0.2, 0) is 4.79 Å². The van der Waals surface area contributed by atoms with Crippen LogP contribution in [0, 0.1) is 11.6 Å². The molecule has 0 aromatic heterocycles. The lowest BCUT2D eigenvalue weighted by molar-refractivity contribution is -0.127. The fourth-order valence-electron chi connectivity index (χ4n) is 1.80. The maximum Gasteiger partial charge on any atom is 0.233 e. The molecule has 0 saturated carbocycles. The number of hydrogen-bond acceptors (Lipinski definition) is 4. The van der Waals surface area contributed by atoms with Crippen LogP contribution in [0.5, 0.6) is 0 Å². The van der Waals surface area contributed by atoms with Gasteiger partial charge in [0.15, 0.2) is 0 Å². The summed E-state index contributed by atoms with van der Waals surface area (Å²) in [7, 11) is 0. The summed E-state index contributed by atoms with van der Waals surface area (Å²) in [5.41, 5.74) is 0. The number of likely N-dealkylation sites (tertiary alicyclic amines) is 1. The van der Waals surface area contributed by atoms with Crippen molar-refractivity contribution in [3.63, 3.8) is 0 Å². The summed E-state index contributed by atoms with van der Waals surface area (Å²) in [6.07, 6.45) is -1.87. The minimum absolute atomic E-state index is 0.0258. The van der Waals surface area contributed by atoms with Gasteiger partial charge in [-0.25, -0.2) is 8.78 Å². The average molecular weight is 289 g/mol. The highest BCUT2D eigenvalue weighted by atomic mass is 32.2. The minimum atomic E-state index is -0.934. The van der Waals surface area contributed by atoms with Gasteiger partial charge in [-0.1, -0.05) is 0 Å². The summed E-state index contributed by atoms with van der Waals surface area (Å²) in [6, 6.07) is 3.16. The number of aliphatic hydroxyl groups excluding tert-OH is 2. The van der Waals surface area contributed by atoms with E-state index in [9.17, 15) is 23.8 Å². The Hall–Kier alpha value is -1.18. The maximum absolute atomic E-state index is 13.3. The molecular formula is C12H13F2NO3S. The highest BCUT2D eigenvalue weighted by Gasteiger charge is 2.32. The van der Waals surface area contributed by atoms with Gasteiger partial charge in [0.05, 0.1) is 18.0 Å². The predicted octanol–water partition coefficient (Wildman–Crippen LogP) is 0.621. The van der Waals surface area contributed by atoms with Gasteiger partial charge in [-0.05, 0) is 12.1 Å². The molecule has 4 nitrogen and oxygen atoms in total. The van der Waals surface area contributed by atoms with Crippen molar-refractivity contribution in [1.29, 1.82) is 0 Å². The Morgan fingerprint density at radius 3 is 2.53 bits per heavy atom. The Morgan fingerprint density at radius 1 is 1.32 bits per heavy atom. The van der Waals surface area contributed by atoms with Crippen LogP contribution in [0.1, 0.15) is 0 Å². The van der Waals surface area contributed by atoms with Gasteiger partial charge in [-0.3, -0.25) is 4.79 Å². The van der Waals surface area contributed by atoms with E-state index >= 15 is 0 Å². The van der Waals surface area contributed by atoms with Crippen molar-refractivity contribution in [1.82, 2.24) is 4.90 Å². The first-order chi connectivity index (χ1) is 8.97. The molecule has 1 aromatic rings. The third-order valence-electron chi connectivity index (χ3n) is 2.86. The first-order valence-electron chi connectivity index (χ1n) is 5.69. The van der Waals surface area contributed by atoms with Crippen molar-refractivity contribution in [2.24, 2.45) is 0 Å². The SMILES string of the molecule is O=C(CSc1ccc(F)cc1F)N1CC(O)C(O)C1. The van der Waals surface area contributed by atoms with E-state index in [4.69, 9.17) is 0 Å². The second kappa shape index (κ2) is 5.85. The number of benzene rings is 1. The molecule has 0 bridgehead atoms. The number of amides is 1. The van der Waals surface area contributed by atoms with E-state index in [1.807, 2.05) is 0 Å². The lowest BCUT2D eigenvalue weighted by Gasteiger charge is -2.14. The lowest BCUT2D eigenvalue weighted by Crippen LogP contribution is -2.31. The normalized spacial score (nSPS) is 22.8. The van der Waals surface area contributed by atoms with Crippen LogP contribution in [0.2, 0.25) is 0 Å². The smallest absolute Gasteiger partial charge is 0.233 e. The first kappa shape index (κ1) is 14.2. The quantitative estimate of drug-likeness (QED) is 0.801. The molecule has 2 N–H and O–H groups in total. The van der Waals surface area contributed by atoms with Crippen LogP contribution >= 0.6 is 11.8 Å². The van der Waals surface area contributed by atoms with Gasteiger partial charge in [0.2, 0.25) is 5.91 Å². The van der Waals surface area contributed by atoms with Gasteiger partial charge in [-0.15, -0.1) is 11.8 Å². The van der Waals surface area contributed by atoms with E-state index in [0.717, 1.165) is 23.9 Å². The molecule has 19 heavy (non-hydrogen) atoms. The molecule has 1 aliphatic rings. The fraction of sp³-hybridized carbons (Fsp3) is 0.417. The standard InChI is InChI=1S/C12H13F2NO3S/c13-7-1-2-11(8(14)3-7)19-6-12(18)15-4-9(16)10(17)5-15/h1-3,9-10,16-17H,4-6H2. The summed E-state index contributed by atoms with van der Waals surface area (Å²) < 4.78 is 26.0. The van der Waals surface area contributed by atoms with Crippen LogP contribution in [0.15, 0.2) is 23.1 Å². The average Bonchev–Trinajstić information content (AvgIpc) is 2.68. The Balaban J connectivity index is 1.90. The molecule has 1 fully saturated rings. The van der Waals surface area contributed by atoms with Gasteiger partial charge in [-0.2, -0.15) is 0 Å². The summed E-state index contributed by atoms with van der Waals surface area (Å²) in [6.45, 7) is 0.152. The second-order valence-electron chi connectivity index (χ2n) is 4.30. The summed E-state index contributed by atoms with van der Waals surface area (Å²) >= 11 is 0.957. The topological polar surface area (TPSA) is 60.8 Å². The van der Waals surface area contributed by atoms with Crippen LogP contribution in [-0.4, -0.2) is 52.1 Å². The van der Waals surface area contributed by atoms with Gasteiger partial charge in [0.1, 0.15) is 11.6 Å². The van der Waals surface area contributed by atoms with Crippen molar-refractivity contribution in [3.05, 3.63) is 29.8 Å². The zero-order chi connectivity index (χ0) is 14.0. The van der Waals surface area contributed by atoms with E-state index in [0.29, 0.717) is 0 Å². The van der Waals surface area contributed by atoms with E-state index in [-0.39, 0.29) is 29.6 Å². The lowest BCUT2D eigenvalue weighted by atomic mass is 10.3. The molecule has 2 rings (SSSR count). The van der Waals surface area contributed by atoms with E-state index in [1.165, 1.54) is 11.0 Å². The van der Waals surface area contributed by atoms with Gasteiger partial charge < -0.3 is 15.1 Å². The number of carbonyl (C=O) groups excluding carboxylic acids is 1. The highest BCUT2D eigenvalue weighted by Crippen LogP contribution is 2.23. The van der Waals surface area contributed by atoms with Crippen molar-refractivity contribution in [3.8, 4) is 0 Å². The molecule has 104 valence electrons. The maximum atomic E-state index is 13.3. The predicted molar refractivity (Wildman–Crippen MR) is 65.7 cm³/mol. The zero-order valence-electron chi connectivity index (χ0n) is 9.92. The van der Waals surface area contributed by atoms with Crippen LogP contribution in [0.3, 0.4) is 0 Å². The number of thioether (sulfide) groups is 1. The molecular weight excluding hydrogens is 276 g/mol. The zero-order valence-corrected chi connectivity index (χ0v) is 10.7. The van der Waals surface area contributed by atoms with Gasteiger partial charge in [0, 0.05) is 24.1 Å². The molecule has 1 aliphatic heterocycles. The Bertz CT molecular complexity index is 476. The summed E-state index contributed by atoms with van der Waals surface area (Å²) in [5.74, 6) is -1.70. The summed E-state index contributed by atoms with van der Waals surface area (Å²) in [4.78, 5) is 13.3. The van der Waals surface area contributed by atoms with Crippen LogP contribution in [0.25, 0.3) is 0 Å². The third-order valence-corrected chi connectivity index (χ3v) is 3.89. The number of aliphatic hydroxyl groups is 2. The van der Waals surface area contributed by atoms with Crippen LogP contribution < -0.4 is 0 Å². The van der Waals surface area contributed by atoms with E-state index in [2.05, 4.69) is 0 Å². The molecule has 2 atom stereocenters. The third kappa shape index (κ3) is 3.43. The number of β-amino-alcohol motifs (C(OH)–C–C–N with tert-alkyl or cyclic N) is 2.